The molecule has 0 radical (unpaired) electrons. The molecular weight excluding hydrogens is 396 g/mol. The third-order valence-corrected chi connectivity index (χ3v) is 5.48. The number of benzene rings is 2. The molecule has 0 aliphatic heterocycles. The average Bonchev–Trinajstić information content (AvgIpc) is 2.83. The van der Waals surface area contributed by atoms with Gasteiger partial charge in [-0.25, -0.2) is 0 Å². The highest BCUT2D eigenvalue weighted by molar-refractivity contribution is 5.65. The van der Waals surface area contributed by atoms with Crippen LogP contribution < -0.4 is 0 Å². The molecule has 2 aromatic carbocycles. The van der Waals surface area contributed by atoms with Gasteiger partial charge in [0.15, 0.2) is 0 Å². The van der Waals surface area contributed by atoms with Gasteiger partial charge in [0.25, 0.3) is 0 Å². The molecule has 3 rings (SSSR count). The van der Waals surface area contributed by atoms with E-state index in [1.54, 1.807) is 12.1 Å². The average molecular weight is 431 g/mol. The molecule has 32 heavy (non-hydrogen) atoms. The summed E-state index contributed by atoms with van der Waals surface area (Å²) in [6, 6.07) is 19.3. The first kappa shape index (κ1) is 23.7. The lowest BCUT2D eigenvalue weighted by molar-refractivity contribution is 0.0566. The third-order valence-electron chi connectivity index (χ3n) is 5.48. The van der Waals surface area contributed by atoms with Crippen LogP contribution >= 0.6 is 0 Å². The molecule has 0 saturated carbocycles. The number of phenolic OH excluding ortho intramolecular Hbond substituents is 1. The Morgan fingerprint density at radius 1 is 0.844 bits per heavy atom. The number of aromatic hydroxyl groups is 1. The Kier molecular flexibility index (Phi) is 9.45. The zero-order valence-corrected chi connectivity index (χ0v) is 19.2. The number of rotatable bonds is 12. The van der Waals surface area contributed by atoms with Gasteiger partial charge in [-0.05, 0) is 74.6 Å². The number of unbranched alkanes of at least 4 members (excludes halogenated alkanes) is 3. The Labute approximate surface area is 192 Å². The van der Waals surface area contributed by atoms with Crippen molar-refractivity contribution < 1.29 is 9.84 Å². The number of phenols is 1. The number of allylic oxidation sites excluding steroid dienone is 1. The van der Waals surface area contributed by atoms with Crippen molar-refractivity contribution in [2.24, 2.45) is 0 Å². The predicted octanol–water partition coefficient (Wildman–Crippen LogP) is 7.30. The Hall–Kier alpha value is -2.98. The van der Waals surface area contributed by atoms with Crippen LogP contribution in [0.1, 0.15) is 57.9 Å². The Morgan fingerprint density at radius 3 is 2.06 bits per heavy atom. The number of hydrogen-bond acceptors (Lipinski definition) is 4. The summed E-state index contributed by atoms with van der Waals surface area (Å²) in [4.78, 5) is 0. The smallest absolute Gasteiger partial charge is 0.115 e. The van der Waals surface area contributed by atoms with Gasteiger partial charge in [0.1, 0.15) is 5.75 Å². The standard InChI is InChI=1S/C28H34N2O2/c1-3-4-8-21-32-22(2)9-6-5-7-10-23-11-13-24(14-12-23)27-19-20-28(30-29-27)25-15-17-26(31)18-16-25/h7,10-20,22,31H,3-6,8-9,21H2,1-2H3. The molecule has 1 heterocycles. The van der Waals surface area contributed by atoms with Crippen LogP contribution in [0.25, 0.3) is 28.6 Å². The molecule has 168 valence electrons. The van der Waals surface area contributed by atoms with E-state index < -0.39 is 0 Å². The maximum absolute atomic E-state index is 9.42. The highest BCUT2D eigenvalue weighted by Crippen LogP contribution is 2.22. The van der Waals surface area contributed by atoms with Gasteiger partial charge in [-0.1, -0.05) is 56.2 Å². The van der Waals surface area contributed by atoms with Crippen LogP contribution in [0.4, 0.5) is 0 Å². The van der Waals surface area contributed by atoms with Crippen molar-refractivity contribution in [1.82, 2.24) is 10.2 Å². The summed E-state index contributed by atoms with van der Waals surface area (Å²) < 4.78 is 5.86. The van der Waals surface area contributed by atoms with Gasteiger partial charge in [-0.3, -0.25) is 0 Å². The summed E-state index contributed by atoms with van der Waals surface area (Å²) in [6.45, 7) is 5.28. The minimum Gasteiger partial charge on any atom is -0.508 e. The van der Waals surface area contributed by atoms with E-state index in [0.29, 0.717) is 6.10 Å². The van der Waals surface area contributed by atoms with Crippen LogP contribution in [0.5, 0.6) is 5.75 Å². The quantitative estimate of drug-likeness (QED) is 0.306. The lowest BCUT2D eigenvalue weighted by atomic mass is 10.1. The second kappa shape index (κ2) is 12.8. The molecule has 4 heteroatoms. The number of hydrogen-bond donors (Lipinski definition) is 1. The predicted molar refractivity (Wildman–Crippen MR) is 132 cm³/mol. The van der Waals surface area contributed by atoms with E-state index >= 15 is 0 Å². The highest BCUT2D eigenvalue weighted by Gasteiger charge is 2.04. The molecule has 1 atom stereocenters. The van der Waals surface area contributed by atoms with E-state index in [9.17, 15) is 5.11 Å². The summed E-state index contributed by atoms with van der Waals surface area (Å²) in [7, 11) is 0. The Balaban J connectivity index is 1.45. The van der Waals surface area contributed by atoms with Gasteiger partial charge >= 0.3 is 0 Å². The van der Waals surface area contributed by atoms with Crippen molar-refractivity contribution in [1.29, 1.82) is 0 Å². The zero-order valence-electron chi connectivity index (χ0n) is 19.2. The molecule has 0 spiro atoms. The first-order chi connectivity index (χ1) is 15.7. The Bertz CT molecular complexity index is 948. The van der Waals surface area contributed by atoms with E-state index in [1.807, 2.05) is 24.3 Å². The van der Waals surface area contributed by atoms with Crippen molar-refractivity contribution in [2.45, 2.75) is 58.5 Å². The summed E-state index contributed by atoms with van der Waals surface area (Å²) in [5, 5.41) is 18.1. The molecule has 4 nitrogen and oxygen atoms in total. The van der Waals surface area contributed by atoms with E-state index in [0.717, 1.165) is 48.4 Å². The van der Waals surface area contributed by atoms with Gasteiger partial charge in [-0.2, -0.15) is 0 Å². The molecule has 0 bridgehead atoms. The summed E-state index contributed by atoms with van der Waals surface area (Å²) in [6.07, 6.45) is 11.7. The topological polar surface area (TPSA) is 55.2 Å². The lowest BCUT2D eigenvalue weighted by Crippen LogP contribution is -2.08. The molecule has 0 aliphatic carbocycles. The van der Waals surface area contributed by atoms with Crippen molar-refractivity contribution in [3.63, 3.8) is 0 Å². The lowest BCUT2D eigenvalue weighted by Gasteiger charge is -2.11. The first-order valence-electron chi connectivity index (χ1n) is 11.7. The van der Waals surface area contributed by atoms with Crippen molar-refractivity contribution >= 4 is 6.08 Å². The third kappa shape index (κ3) is 7.61. The molecule has 0 fully saturated rings. The van der Waals surface area contributed by atoms with Crippen molar-refractivity contribution in [2.75, 3.05) is 6.61 Å². The van der Waals surface area contributed by atoms with Gasteiger partial charge in [-0.15, -0.1) is 10.2 Å². The minimum atomic E-state index is 0.244. The molecular formula is C28H34N2O2. The maximum Gasteiger partial charge on any atom is 0.115 e. The molecule has 0 saturated heterocycles. The van der Waals surface area contributed by atoms with Gasteiger partial charge in [0, 0.05) is 17.7 Å². The largest absolute Gasteiger partial charge is 0.508 e. The van der Waals surface area contributed by atoms with Gasteiger partial charge in [0.05, 0.1) is 17.5 Å². The fraction of sp³-hybridized carbons (Fsp3) is 0.357. The van der Waals surface area contributed by atoms with Gasteiger partial charge < -0.3 is 9.84 Å². The SMILES string of the molecule is CCCCCOC(C)CCCC=Cc1ccc(-c2ccc(-c3ccc(O)cc3)nn2)cc1. The van der Waals surface area contributed by atoms with E-state index in [2.05, 4.69) is 60.5 Å². The molecule has 1 aromatic heterocycles. The fourth-order valence-electron chi connectivity index (χ4n) is 3.50. The molecule has 0 amide bonds. The van der Waals surface area contributed by atoms with Crippen LogP contribution in [0, 0.1) is 0 Å². The fourth-order valence-corrected chi connectivity index (χ4v) is 3.50. The van der Waals surface area contributed by atoms with Crippen molar-refractivity contribution in [3.05, 3.63) is 72.3 Å². The molecule has 1 unspecified atom stereocenters. The number of ether oxygens (including phenoxy) is 1. The Morgan fingerprint density at radius 2 is 1.47 bits per heavy atom. The van der Waals surface area contributed by atoms with E-state index in [-0.39, 0.29) is 5.75 Å². The van der Waals surface area contributed by atoms with Gasteiger partial charge in [0.2, 0.25) is 0 Å². The summed E-state index contributed by atoms with van der Waals surface area (Å²) in [5.74, 6) is 0.244. The zero-order chi connectivity index (χ0) is 22.6. The van der Waals surface area contributed by atoms with Crippen LogP contribution in [0.15, 0.2) is 66.7 Å². The van der Waals surface area contributed by atoms with E-state index in [4.69, 9.17) is 4.74 Å². The minimum absolute atomic E-state index is 0.244. The van der Waals surface area contributed by atoms with Crippen LogP contribution in [-0.2, 0) is 4.74 Å². The number of nitrogens with zero attached hydrogens (tertiary/aromatic N) is 2. The monoisotopic (exact) mass is 430 g/mol. The summed E-state index contributed by atoms with van der Waals surface area (Å²) in [5.41, 5.74) is 4.79. The maximum atomic E-state index is 9.42. The molecule has 3 aromatic rings. The molecule has 1 N–H and O–H groups in total. The van der Waals surface area contributed by atoms with Crippen LogP contribution in [0.2, 0.25) is 0 Å². The normalized spacial score (nSPS) is 12.3. The molecule has 0 aliphatic rings. The van der Waals surface area contributed by atoms with Crippen LogP contribution in [-0.4, -0.2) is 28.0 Å². The second-order valence-corrected chi connectivity index (χ2v) is 8.19. The highest BCUT2D eigenvalue weighted by atomic mass is 16.5. The second-order valence-electron chi connectivity index (χ2n) is 8.19. The first-order valence-corrected chi connectivity index (χ1v) is 11.7. The number of aromatic nitrogens is 2. The van der Waals surface area contributed by atoms with Crippen LogP contribution in [0.3, 0.4) is 0 Å². The summed E-state index contributed by atoms with van der Waals surface area (Å²) >= 11 is 0. The van der Waals surface area contributed by atoms with E-state index in [1.165, 1.54) is 24.8 Å². The van der Waals surface area contributed by atoms with Crippen molar-refractivity contribution in [3.8, 4) is 28.3 Å².